The molecule has 2 heterocycles. The fourth-order valence-corrected chi connectivity index (χ4v) is 8.87. The van der Waals surface area contributed by atoms with Crippen LogP contribution in [0.25, 0.3) is 0 Å². The molecule has 0 spiro atoms. The van der Waals surface area contributed by atoms with E-state index >= 15 is 0 Å². The first-order chi connectivity index (χ1) is 9.83. The van der Waals surface area contributed by atoms with Crippen LogP contribution in [-0.2, 0) is 24.4 Å². The van der Waals surface area contributed by atoms with Crippen LogP contribution < -0.4 is 0 Å². The summed E-state index contributed by atoms with van der Waals surface area (Å²) in [7, 11) is -6.83. The molecule has 5 nitrogen and oxygen atoms in total. The highest BCUT2D eigenvalue weighted by Gasteiger charge is 2.59. The van der Waals surface area contributed by atoms with E-state index in [1.165, 1.54) is 0 Å². The molecular weight excluding hydrogens is 312 g/mol. The molecule has 2 aliphatic rings. The van der Waals surface area contributed by atoms with Gasteiger partial charge in [-0.05, 0) is 25.7 Å². The lowest BCUT2D eigenvalue weighted by molar-refractivity contribution is 0.106. The molecule has 2 saturated heterocycles. The van der Waals surface area contributed by atoms with Crippen molar-refractivity contribution in [2.24, 2.45) is 0 Å². The van der Waals surface area contributed by atoms with Crippen molar-refractivity contribution in [2.45, 2.75) is 75.1 Å². The van der Waals surface area contributed by atoms with Gasteiger partial charge in [0.15, 0.2) is 19.7 Å². The quantitative estimate of drug-likeness (QED) is 0.673. The molecule has 21 heavy (non-hydrogen) atoms. The van der Waals surface area contributed by atoms with Gasteiger partial charge in [-0.1, -0.05) is 26.7 Å². The van der Waals surface area contributed by atoms with Crippen molar-refractivity contribution in [1.29, 1.82) is 0 Å². The molecule has 0 N–H and O–H groups in total. The molecule has 0 saturated carbocycles. The summed E-state index contributed by atoms with van der Waals surface area (Å²) in [5.74, 6) is 0.140. The van der Waals surface area contributed by atoms with Crippen molar-refractivity contribution in [3.05, 3.63) is 0 Å². The van der Waals surface area contributed by atoms with Crippen molar-refractivity contribution >= 4 is 19.7 Å². The Morgan fingerprint density at radius 1 is 0.810 bits per heavy atom. The zero-order valence-electron chi connectivity index (χ0n) is 12.8. The van der Waals surface area contributed by atoms with Crippen LogP contribution in [-0.4, -0.2) is 51.0 Å². The molecule has 0 amide bonds. The molecule has 2 bridgehead atoms. The summed E-state index contributed by atoms with van der Waals surface area (Å²) in [6.07, 6.45) is 3.23. The average Bonchev–Trinajstić information content (AvgIpc) is 3.04. The lowest BCUT2D eigenvalue weighted by Gasteiger charge is -2.27. The molecule has 4 atom stereocenters. The van der Waals surface area contributed by atoms with Crippen LogP contribution in [0.2, 0.25) is 0 Å². The van der Waals surface area contributed by atoms with Gasteiger partial charge in [0.25, 0.3) is 0 Å². The topological polar surface area (TPSA) is 77.5 Å². The Kier molecular flexibility index (Phi) is 5.36. The van der Waals surface area contributed by atoms with E-state index in [1.807, 2.05) is 13.8 Å². The molecule has 0 aromatic carbocycles. The van der Waals surface area contributed by atoms with Crippen LogP contribution in [0.3, 0.4) is 0 Å². The SMILES string of the molecule is CCCCS(=O)(=O)[C@@H]1[C@H](S(=O)(=O)CCCC)[C@H]2CC[C@@H]1O2. The molecule has 2 rings (SSSR count). The third-order valence-electron chi connectivity index (χ3n) is 4.54. The third-order valence-corrected chi connectivity index (χ3v) is 9.28. The molecular formula is C14H26O5S2. The normalized spacial score (nSPS) is 32.7. The maximum Gasteiger partial charge on any atom is 0.157 e. The third kappa shape index (κ3) is 3.45. The molecule has 2 fully saturated rings. The number of sulfone groups is 2. The van der Waals surface area contributed by atoms with E-state index in [0.29, 0.717) is 25.7 Å². The first-order valence-electron chi connectivity index (χ1n) is 7.92. The molecule has 7 heteroatoms. The van der Waals surface area contributed by atoms with E-state index in [2.05, 4.69) is 0 Å². The Morgan fingerprint density at radius 2 is 1.19 bits per heavy atom. The predicted molar refractivity (Wildman–Crippen MR) is 82.9 cm³/mol. The lowest BCUT2D eigenvalue weighted by Crippen LogP contribution is -2.48. The number of unbranched alkanes of at least 4 members (excludes halogenated alkanes) is 2. The van der Waals surface area contributed by atoms with Crippen LogP contribution in [0.15, 0.2) is 0 Å². The number of ether oxygens (including phenoxy) is 1. The summed E-state index contributed by atoms with van der Waals surface area (Å²) in [6.45, 7) is 3.87. The number of hydrogen-bond acceptors (Lipinski definition) is 5. The second-order valence-electron chi connectivity index (χ2n) is 6.16. The van der Waals surface area contributed by atoms with E-state index in [9.17, 15) is 16.8 Å². The molecule has 0 aromatic rings. The maximum absolute atomic E-state index is 12.6. The zero-order valence-corrected chi connectivity index (χ0v) is 14.5. The summed E-state index contributed by atoms with van der Waals surface area (Å²) in [5, 5.41) is -1.69. The smallest absolute Gasteiger partial charge is 0.157 e. The van der Waals surface area contributed by atoms with Crippen LogP contribution >= 0.6 is 0 Å². The van der Waals surface area contributed by atoms with Crippen LogP contribution in [0, 0.1) is 0 Å². The Bertz CT molecular complexity index is 502. The van der Waals surface area contributed by atoms with Gasteiger partial charge < -0.3 is 4.74 Å². The van der Waals surface area contributed by atoms with Gasteiger partial charge in [-0.25, -0.2) is 16.8 Å². The Balaban J connectivity index is 2.26. The Hall–Kier alpha value is -0.140. The lowest BCUT2D eigenvalue weighted by atomic mass is 10.00. The number of rotatable bonds is 8. The van der Waals surface area contributed by atoms with Gasteiger partial charge >= 0.3 is 0 Å². The highest BCUT2D eigenvalue weighted by molar-refractivity contribution is 7.96. The van der Waals surface area contributed by atoms with Gasteiger partial charge in [0, 0.05) is 0 Å². The molecule has 0 aromatic heterocycles. The number of fused-ring (bicyclic) bond motifs is 2. The first-order valence-corrected chi connectivity index (χ1v) is 11.3. The first kappa shape index (κ1) is 17.2. The minimum atomic E-state index is -3.41. The zero-order chi connectivity index (χ0) is 15.7. The van der Waals surface area contributed by atoms with Gasteiger partial charge in [-0.3, -0.25) is 0 Å². The highest BCUT2D eigenvalue weighted by atomic mass is 32.2. The van der Waals surface area contributed by atoms with Crippen molar-refractivity contribution in [3.63, 3.8) is 0 Å². The van der Waals surface area contributed by atoms with Crippen LogP contribution in [0.5, 0.6) is 0 Å². The average molecular weight is 338 g/mol. The van der Waals surface area contributed by atoms with Crippen LogP contribution in [0.1, 0.15) is 52.4 Å². The molecule has 0 aliphatic carbocycles. The van der Waals surface area contributed by atoms with E-state index < -0.39 is 42.4 Å². The summed E-state index contributed by atoms with van der Waals surface area (Å²) in [4.78, 5) is 0. The van der Waals surface area contributed by atoms with Gasteiger partial charge in [0.2, 0.25) is 0 Å². The van der Waals surface area contributed by atoms with Crippen molar-refractivity contribution in [1.82, 2.24) is 0 Å². The summed E-state index contributed by atoms with van der Waals surface area (Å²) >= 11 is 0. The van der Waals surface area contributed by atoms with E-state index in [0.717, 1.165) is 12.8 Å². The minimum absolute atomic E-state index is 0.0700. The predicted octanol–water partition coefficient (Wildman–Crippen LogP) is 1.71. The molecule has 2 aliphatic heterocycles. The van der Waals surface area contributed by atoms with Crippen molar-refractivity contribution in [3.8, 4) is 0 Å². The summed E-state index contributed by atoms with van der Waals surface area (Å²) in [6, 6.07) is 0. The van der Waals surface area contributed by atoms with E-state index in [-0.39, 0.29) is 11.5 Å². The largest absolute Gasteiger partial charge is 0.372 e. The monoisotopic (exact) mass is 338 g/mol. The highest BCUT2D eigenvalue weighted by Crippen LogP contribution is 2.42. The summed E-state index contributed by atoms with van der Waals surface area (Å²) < 4.78 is 55.9. The molecule has 124 valence electrons. The van der Waals surface area contributed by atoms with Gasteiger partial charge in [0.1, 0.15) is 10.5 Å². The van der Waals surface area contributed by atoms with E-state index in [1.54, 1.807) is 0 Å². The van der Waals surface area contributed by atoms with Gasteiger partial charge in [-0.15, -0.1) is 0 Å². The Labute approximate surface area is 128 Å². The standard InChI is InChI=1S/C14H26O5S2/c1-3-5-9-20(15,16)13-11-7-8-12(19-11)14(13)21(17,18)10-6-4-2/h11-14H,3-10H2,1-2H3/t11-,12+,13-,14+. The van der Waals surface area contributed by atoms with Gasteiger partial charge in [0.05, 0.1) is 23.7 Å². The Morgan fingerprint density at radius 3 is 1.52 bits per heavy atom. The van der Waals surface area contributed by atoms with E-state index in [4.69, 9.17) is 4.74 Å². The molecule has 0 unspecified atom stereocenters. The fourth-order valence-electron chi connectivity index (χ4n) is 3.43. The number of hydrogen-bond donors (Lipinski definition) is 0. The van der Waals surface area contributed by atoms with Gasteiger partial charge in [-0.2, -0.15) is 0 Å². The maximum atomic E-state index is 12.6. The van der Waals surface area contributed by atoms with Crippen molar-refractivity contribution in [2.75, 3.05) is 11.5 Å². The molecule has 0 radical (unpaired) electrons. The van der Waals surface area contributed by atoms with Crippen LogP contribution in [0.4, 0.5) is 0 Å². The van der Waals surface area contributed by atoms with Crippen molar-refractivity contribution < 1.29 is 21.6 Å². The fraction of sp³-hybridized carbons (Fsp3) is 1.00. The second kappa shape index (κ2) is 6.54. The minimum Gasteiger partial charge on any atom is -0.372 e. The second-order valence-corrected chi connectivity index (χ2v) is 10.7. The summed E-state index contributed by atoms with van der Waals surface area (Å²) in [5.41, 5.74) is 0.